The monoisotopic (exact) mass is 289 g/mol. The van der Waals surface area contributed by atoms with Gasteiger partial charge in [0.15, 0.2) is 0 Å². The van der Waals surface area contributed by atoms with Crippen molar-refractivity contribution in [1.82, 2.24) is 0 Å². The number of hydrogen-bond donors (Lipinski definition) is 1. The van der Waals surface area contributed by atoms with Crippen LogP contribution in [0.15, 0.2) is 42.5 Å². The fraction of sp³-hybridized carbons (Fsp3) is 0.294. The van der Waals surface area contributed by atoms with Crippen LogP contribution in [0.25, 0.3) is 0 Å². The molecule has 2 nitrogen and oxygen atoms in total. The summed E-state index contributed by atoms with van der Waals surface area (Å²) in [6, 6.07) is 13.8. The molecule has 0 fully saturated rings. The first-order valence-electron chi connectivity index (χ1n) is 6.91. The maximum Gasteiger partial charge on any atom is 0.150 e. The van der Waals surface area contributed by atoms with Crippen molar-refractivity contribution in [2.24, 2.45) is 5.73 Å². The first-order chi connectivity index (χ1) is 9.65. The van der Waals surface area contributed by atoms with Crippen molar-refractivity contribution in [3.63, 3.8) is 0 Å². The van der Waals surface area contributed by atoms with Crippen LogP contribution in [0.2, 0.25) is 5.02 Å². The van der Waals surface area contributed by atoms with E-state index >= 15 is 0 Å². The van der Waals surface area contributed by atoms with Crippen LogP contribution in [0, 0.1) is 0 Å². The van der Waals surface area contributed by atoms with Crippen LogP contribution in [-0.2, 0) is 6.54 Å². The molecule has 0 aliphatic heterocycles. The first kappa shape index (κ1) is 14.9. The molecule has 0 spiro atoms. The van der Waals surface area contributed by atoms with Crippen molar-refractivity contribution >= 4 is 11.6 Å². The van der Waals surface area contributed by atoms with Crippen LogP contribution in [0.1, 0.15) is 37.3 Å². The van der Waals surface area contributed by atoms with E-state index in [4.69, 9.17) is 22.1 Å². The molecule has 0 aliphatic rings. The summed E-state index contributed by atoms with van der Waals surface area (Å²) in [6.45, 7) is 4.81. The van der Waals surface area contributed by atoms with Crippen molar-refractivity contribution in [1.29, 1.82) is 0 Å². The standard InChI is InChI=1S/C17H20ClNO/c1-3-12(2)13-7-9-15(10-8-13)20-17-14(11-19)5-4-6-16(17)18/h4-10,12H,3,11,19H2,1-2H3. The van der Waals surface area contributed by atoms with E-state index in [-0.39, 0.29) is 0 Å². The predicted octanol–water partition coefficient (Wildman–Crippen LogP) is 5.10. The van der Waals surface area contributed by atoms with E-state index < -0.39 is 0 Å². The minimum absolute atomic E-state index is 0.404. The van der Waals surface area contributed by atoms with E-state index in [1.165, 1.54) is 5.56 Å². The van der Waals surface area contributed by atoms with Gasteiger partial charge in [-0.3, -0.25) is 0 Å². The zero-order valence-corrected chi connectivity index (χ0v) is 12.7. The van der Waals surface area contributed by atoms with Gasteiger partial charge in [0.05, 0.1) is 5.02 Å². The minimum atomic E-state index is 0.404. The summed E-state index contributed by atoms with van der Waals surface area (Å²) in [5, 5.41) is 0.582. The molecule has 1 unspecified atom stereocenters. The van der Waals surface area contributed by atoms with Gasteiger partial charge in [0.2, 0.25) is 0 Å². The predicted molar refractivity (Wildman–Crippen MR) is 84.6 cm³/mol. The lowest BCUT2D eigenvalue weighted by Gasteiger charge is -2.13. The van der Waals surface area contributed by atoms with Crippen LogP contribution in [0.4, 0.5) is 0 Å². The number of hydrogen-bond acceptors (Lipinski definition) is 2. The SMILES string of the molecule is CCC(C)c1ccc(Oc2c(Cl)cccc2CN)cc1. The number of benzene rings is 2. The average Bonchev–Trinajstić information content (AvgIpc) is 2.49. The van der Waals surface area contributed by atoms with E-state index in [2.05, 4.69) is 26.0 Å². The second-order valence-corrected chi connectivity index (χ2v) is 5.32. The van der Waals surface area contributed by atoms with Crippen molar-refractivity contribution < 1.29 is 4.74 Å². The molecule has 0 saturated carbocycles. The lowest BCUT2D eigenvalue weighted by Crippen LogP contribution is -2.00. The van der Waals surface area contributed by atoms with Crippen LogP contribution in [0.3, 0.4) is 0 Å². The highest BCUT2D eigenvalue weighted by Gasteiger charge is 2.09. The summed E-state index contributed by atoms with van der Waals surface area (Å²) >= 11 is 6.18. The number of nitrogens with two attached hydrogens (primary N) is 1. The Morgan fingerprint density at radius 2 is 1.85 bits per heavy atom. The van der Waals surface area contributed by atoms with E-state index in [1.807, 2.05) is 30.3 Å². The van der Waals surface area contributed by atoms with Gasteiger partial charge in [-0.25, -0.2) is 0 Å². The highest BCUT2D eigenvalue weighted by Crippen LogP contribution is 2.33. The van der Waals surface area contributed by atoms with Crippen LogP contribution < -0.4 is 10.5 Å². The Balaban J connectivity index is 2.22. The highest BCUT2D eigenvalue weighted by atomic mass is 35.5. The summed E-state index contributed by atoms with van der Waals surface area (Å²) < 4.78 is 5.89. The van der Waals surface area contributed by atoms with Gasteiger partial charge in [-0.1, -0.05) is 49.7 Å². The second kappa shape index (κ2) is 6.78. The van der Waals surface area contributed by atoms with Gasteiger partial charge >= 0.3 is 0 Å². The first-order valence-corrected chi connectivity index (χ1v) is 7.28. The van der Waals surface area contributed by atoms with Crippen molar-refractivity contribution in [2.45, 2.75) is 32.7 Å². The van der Waals surface area contributed by atoms with Crippen LogP contribution >= 0.6 is 11.6 Å². The third kappa shape index (κ3) is 3.33. The molecule has 2 N–H and O–H groups in total. The lowest BCUT2D eigenvalue weighted by molar-refractivity contribution is 0.476. The Hall–Kier alpha value is -1.51. The number of para-hydroxylation sites is 1. The molecular formula is C17H20ClNO. The minimum Gasteiger partial charge on any atom is -0.455 e. The average molecular weight is 290 g/mol. The van der Waals surface area contributed by atoms with Crippen molar-refractivity contribution in [2.75, 3.05) is 0 Å². The van der Waals surface area contributed by atoms with Gasteiger partial charge < -0.3 is 10.5 Å². The third-order valence-corrected chi connectivity index (χ3v) is 3.85. The molecule has 2 rings (SSSR count). The van der Waals surface area contributed by atoms with Crippen LogP contribution in [0.5, 0.6) is 11.5 Å². The number of halogens is 1. The maximum atomic E-state index is 6.18. The Morgan fingerprint density at radius 1 is 1.15 bits per heavy atom. The van der Waals surface area contributed by atoms with Gasteiger partial charge in [0.1, 0.15) is 11.5 Å². The highest BCUT2D eigenvalue weighted by molar-refractivity contribution is 6.32. The molecule has 0 radical (unpaired) electrons. The molecular weight excluding hydrogens is 270 g/mol. The fourth-order valence-corrected chi connectivity index (χ4v) is 2.28. The molecule has 3 heteroatoms. The molecule has 2 aromatic rings. The Labute approximate surface area is 125 Å². The van der Waals surface area contributed by atoms with Gasteiger partial charge in [0.25, 0.3) is 0 Å². The normalized spacial score (nSPS) is 12.2. The van der Waals surface area contributed by atoms with Crippen molar-refractivity contribution in [3.05, 3.63) is 58.6 Å². The molecule has 2 aromatic carbocycles. The Kier molecular flexibility index (Phi) is 5.05. The molecule has 0 heterocycles. The van der Waals surface area contributed by atoms with Crippen LogP contribution in [-0.4, -0.2) is 0 Å². The number of rotatable bonds is 5. The fourth-order valence-electron chi connectivity index (χ4n) is 2.05. The quantitative estimate of drug-likeness (QED) is 0.830. The van der Waals surface area contributed by atoms with Crippen molar-refractivity contribution in [3.8, 4) is 11.5 Å². The molecule has 0 bridgehead atoms. The van der Waals surface area contributed by atoms with E-state index in [1.54, 1.807) is 0 Å². The maximum absolute atomic E-state index is 6.18. The lowest BCUT2D eigenvalue weighted by atomic mass is 9.99. The zero-order valence-electron chi connectivity index (χ0n) is 11.9. The molecule has 1 atom stereocenters. The smallest absolute Gasteiger partial charge is 0.150 e. The summed E-state index contributed by atoms with van der Waals surface area (Å²) in [5.41, 5.74) is 7.94. The molecule has 0 aliphatic carbocycles. The van der Waals surface area contributed by atoms with E-state index in [0.29, 0.717) is 23.2 Å². The van der Waals surface area contributed by atoms with E-state index in [0.717, 1.165) is 17.7 Å². The summed E-state index contributed by atoms with van der Waals surface area (Å²) in [6.07, 6.45) is 1.13. The molecule has 106 valence electrons. The second-order valence-electron chi connectivity index (χ2n) is 4.91. The van der Waals surface area contributed by atoms with Gasteiger partial charge in [-0.2, -0.15) is 0 Å². The topological polar surface area (TPSA) is 35.2 Å². The Bertz CT molecular complexity index is 566. The van der Waals surface area contributed by atoms with Gasteiger partial charge in [-0.15, -0.1) is 0 Å². The number of ether oxygens (including phenoxy) is 1. The Morgan fingerprint density at radius 3 is 2.45 bits per heavy atom. The molecule has 0 aromatic heterocycles. The van der Waals surface area contributed by atoms with Gasteiger partial charge in [-0.05, 0) is 36.1 Å². The third-order valence-electron chi connectivity index (χ3n) is 3.55. The molecule has 0 saturated heterocycles. The summed E-state index contributed by atoms with van der Waals surface area (Å²) in [5.74, 6) is 1.98. The van der Waals surface area contributed by atoms with Gasteiger partial charge in [0, 0.05) is 12.1 Å². The summed E-state index contributed by atoms with van der Waals surface area (Å²) in [7, 11) is 0. The van der Waals surface area contributed by atoms with E-state index in [9.17, 15) is 0 Å². The zero-order chi connectivity index (χ0) is 14.5. The largest absolute Gasteiger partial charge is 0.455 e. The molecule has 20 heavy (non-hydrogen) atoms. The summed E-state index contributed by atoms with van der Waals surface area (Å²) in [4.78, 5) is 0. The molecule has 0 amide bonds.